The average molecular weight is 267 g/mol. The molecule has 0 bridgehead atoms. The molecule has 0 aromatic heterocycles. The van der Waals surface area contributed by atoms with Gasteiger partial charge in [0.15, 0.2) is 0 Å². The molecule has 2 N–H and O–H groups in total. The number of benzene rings is 1. The van der Waals surface area contributed by atoms with Gasteiger partial charge >= 0.3 is 5.97 Å². The molecule has 1 aromatic carbocycles. The molecule has 1 atom stereocenters. The fourth-order valence-electron chi connectivity index (χ4n) is 1.28. The molecule has 4 nitrogen and oxygen atoms in total. The molecule has 0 saturated heterocycles. The Balaban J connectivity index is 2.39. The normalized spacial score (nSPS) is 11.9. The third-order valence-corrected chi connectivity index (χ3v) is 3.53. The van der Waals surface area contributed by atoms with E-state index < -0.39 is 5.97 Å². The topological polar surface area (TPSA) is 66.4 Å². The lowest BCUT2D eigenvalue weighted by molar-refractivity contribution is -0.136. The zero-order chi connectivity index (χ0) is 13.5. The number of anilines is 1. The Morgan fingerprint density at radius 2 is 1.94 bits per heavy atom. The molecule has 0 fully saturated rings. The molecule has 0 radical (unpaired) electrons. The number of aryl methyl sites for hydroxylation is 1. The summed E-state index contributed by atoms with van der Waals surface area (Å²) in [5, 5.41) is 11.1. The number of hydrogen-bond acceptors (Lipinski definition) is 3. The van der Waals surface area contributed by atoms with Gasteiger partial charge in [-0.15, -0.1) is 11.8 Å². The molecule has 0 heterocycles. The molecule has 1 unspecified atom stereocenters. The maximum Gasteiger partial charge on any atom is 0.304 e. The van der Waals surface area contributed by atoms with Crippen molar-refractivity contribution in [3.63, 3.8) is 0 Å². The number of nitrogens with one attached hydrogen (secondary N) is 1. The van der Waals surface area contributed by atoms with Crippen LogP contribution in [0, 0.1) is 6.92 Å². The number of carbonyl (C=O) groups excluding carboxylic acids is 1. The summed E-state index contributed by atoms with van der Waals surface area (Å²) in [7, 11) is 0. The summed E-state index contributed by atoms with van der Waals surface area (Å²) >= 11 is 1.34. The summed E-state index contributed by atoms with van der Waals surface area (Å²) in [5.74, 6) is -0.499. The third-order valence-electron chi connectivity index (χ3n) is 2.37. The highest BCUT2D eigenvalue weighted by molar-refractivity contribution is 8.00. The average Bonchev–Trinajstić information content (AvgIpc) is 2.31. The lowest BCUT2D eigenvalue weighted by Crippen LogP contribution is -2.23. The Hall–Kier alpha value is -1.49. The van der Waals surface area contributed by atoms with Crippen molar-refractivity contribution in [2.75, 3.05) is 11.1 Å². The predicted molar refractivity (Wildman–Crippen MR) is 74.0 cm³/mol. The van der Waals surface area contributed by atoms with E-state index in [-0.39, 0.29) is 17.6 Å². The quantitative estimate of drug-likeness (QED) is 0.831. The number of carbonyl (C=O) groups is 2. The molecule has 18 heavy (non-hydrogen) atoms. The molecule has 1 aromatic rings. The number of rotatable bonds is 6. The van der Waals surface area contributed by atoms with Crippen LogP contribution in [0.2, 0.25) is 0 Å². The Bertz CT molecular complexity index is 417. The summed E-state index contributed by atoms with van der Waals surface area (Å²) in [5.41, 5.74) is 1.90. The van der Waals surface area contributed by atoms with Crippen LogP contribution in [-0.4, -0.2) is 28.0 Å². The second kappa shape index (κ2) is 7.06. The van der Waals surface area contributed by atoms with Crippen LogP contribution in [0.5, 0.6) is 0 Å². The Morgan fingerprint density at radius 1 is 1.33 bits per heavy atom. The molecule has 0 aliphatic carbocycles. The molecule has 98 valence electrons. The second-order valence-electron chi connectivity index (χ2n) is 4.01. The summed E-state index contributed by atoms with van der Waals surface area (Å²) < 4.78 is 0. The van der Waals surface area contributed by atoms with Crippen LogP contribution in [0.15, 0.2) is 24.3 Å². The molecule has 1 amide bonds. The zero-order valence-electron chi connectivity index (χ0n) is 10.5. The fourth-order valence-corrected chi connectivity index (χ4v) is 2.14. The maximum atomic E-state index is 11.8. The fraction of sp³-hybridized carbons (Fsp3) is 0.385. The Morgan fingerprint density at radius 3 is 2.50 bits per heavy atom. The second-order valence-corrected chi connectivity index (χ2v) is 5.46. The van der Waals surface area contributed by atoms with Crippen molar-refractivity contribution < 1.29 is 14.7 Å². The number of carboxylic acids is 1. The highest BCUT2D eigenvalue weighted by Gasteiger charge is 2.13. The van der Waals surface area contributed by atoms with Gasteiger partial charge in [-0.1, -0.05) is 17.7 Å². The van der Waals surface area contributed by atoms with Gasteiger partial charge in [0.05, 0.1) is 11.7 Å². The largest absolute Gasteiger partial charge is 0.481 e. The molecule has 0 spiro atoms. The monoisotopic (exact) mass is 267 g/mol. The SMILES string of the molecule is Cc1ccc(NC(=O)C(C)SCCC(=O)O)cc1. The number of hydrogen-bond donors (Lipinski definition) is 2. The lowest BCUT2D eigenvalue weighted by Gasteiger charge is -2.11. The smallest absolute Gasteiger partial charge is 0.304 e. The van der Waals surface area contributed by atoms with Gasteiger partial charge in [-0.05, 0) is 26.0 Å². The Kier molecular flexibility index (Phi) is 5.71. The van der Waals surface area contributed by atoms with Crippen molar-refractivity contribution in [2.24, 2.45) is 0 Å². The van der Waals surface area contributed by atoms with Crippen molar-refractivity contribution >= 4 is 29.3 Å². The summed E-state index contributed by atoms with van der Waals surface area (Å²) in [6, 6.07) is 7.55. The summed E-state index contributed by atoms with van der Waals surface area (Å²) in [4.78, 5) is 22.2. The van der Waals surface area contributed by atoms with E-state index in [9.17, 15) is 9.59 Å². The zero-order valence-corrected chi connectivity index (χ0v) is 11.3. The van der Waals surface area contributed by atoms with Crippen LogP contribution in [0.3, 0.4) is 0 Å². The van der Waals surface area contributed by atoms with Gasteiger partial charge in [0.2, 0.25) is 5.91 Å². The van der Waals surface area contributed by atoms with Crippen molar-refractivity contribution in [2.45, 2.75) is 25.5 Å². The number of amides is 1. The number of thioether (sulfide) groups is 1. The molecule has 0 aliphatic heterocycles. The summed E-state index contributed by atoms with van der Waals surface area (Å²) in [6.45, 7) is 3.76. The molecule has 1 rings (SSSR count). The first-order chi connectivity index (χ1) is 8.49. The van der Waals surface area contributed by atoms with Gasteiger partial charge in [-0.3, -0.25) is 9.59 Å². The number of aliphatic carboxylic acids is 1. The maximum absolute atomic E-state index is 11.8. The van der Waals surface area contributed by atoms with Gasteiger partial charge in [0.25, 0.3) is 0 Å². The standard InChI is InChI=1S/C13H17NO3S/c1-9-3-5-11(6-4-9)14-13(17)10(2)18-8-7-12(15)16/h3-6,10H,7-8H2,1-2H3,(H,14,17)(H,15,16). The first-order valence-corrected chi connectivity index (χ1v) is 6.75. The van der Waals surface area contributed by atoms with E-state index in [1.807, 2.05) is 31.2 Å². The number of carboxylic acid groups (broad SMARTS) is 1. The highest BCUT2D eigenvalue weighted by Crippen LogP contribution is 2.15. The lowest BCUT2D eigenvalue weighted by atomic mass is 10.2. The van der Waals surface area contributed by atoms with Crippen LogP contribution < -0.4 is 5.32 Å². The van der Waals surface area contributed by atoms with E-state index in [1.54, 1.807) is 6.92 Å². The predicted octanol–water partition coefficient (Wildman–Crippen LogP) is 2.53. The highest BCUT2D eigenvalue weighted by atomic mass is 32.2. The van der Waals surface area contributed by atoms with Crippen LogP contribution >= 0.6 is 11.8 Å². The molecular weight excluding hydrogens is 250 g/mol. The van der Waals surface area contributed by atoms with Crippen molar-refractivity contribution in [1.82, 2.24) is 0 Å². The van der Waals surface area contributed by atoms with Gasteiger partial charge in [-0.25, -0.2) is 0 Å². The van der Waals surface area contributed by atoms with Gasteiger partial charge in [0, 0.05) is 11.4 Å². The first-order valence-electron chi connectivity index (χ1n) is 5.70. The van der Waals surface area contributed by atoms with Gasteiger partial charge < -0.3 is 10.4 Å². The van der Waals surface area contributed by atoms with Gasteiger partial charge in [0.1, 0.15) is 0 Å². The van der Waals surface area contributed by atoms with E-state index in [0.29, 0.717) is 5.75 Å². The molecule has 5 heteroatoms. The first kappa shape index (κ1) is 14.6. The van der Waals surface area contributed by atoms with E-state index in [1.165, 1.54) is 11.8 Å². The molecular formula is C13H17NO3S. The van der Waals surface area contributed by atoms with E-state index in [4.69, 9.17) is 5.11 Å². The third kappa shape index (κ3) is 5.23. The van der Waals surface area contributed by atoms with E-state index in [0.717, 1.165) is 11.3 Å². The van der Waals surface area contributed by atoms with Crippen LogP contribution in [0.4, 0.5) is 5.69 Å². The minimum atomic E-state index is -0.839. The van der Waals surface area contributed by atoms with Crippen LogP contribution in [0.25, 0.3) is 0 Å². The summed E-state index contributed by atoms with van der Waals surface area (Å²) in [6.07, 6.45) is 0.0762. The van der Waals surface area contributed by atoms with Crippen molar-refractivity contribution in [3.05, 3.63) is 29.8 Å². The van der Waals surface area contributed by atoms with Crippen LogP contribution in [0.1, 0.15) is 18.9 Å². The van der Waals surface area contributed by atoms with Crippen molar-refractivity contribution in [1.29, 1.82) is 0 Å². The minimum absolute atomic E-state index is 0.0762. The van der Waals surface area contributed by atoms with Gasteiger partial charge in [-0.2, -0.15) is 0 Å². The van der Waals surface area contributed by atoms with E-state index >= 15 is 0 Å². The van der Waals surface area contributed by atoms with Crippen molar-refractivity contribution in [3.8, 4) is 0 Å². The minimum Gasteiger partial charge on any atom is -0.481 e. The van der Waals surface area contributed by atoms with Crippen LogP contribution in [-0.2, 0) is 9.59 Å². The Labute approximate surface area is 111 Å². The van der Waals surface area contributed by atoms with E-state index in [2.05, 4.69) is 5.32 Å². The molecule has 0 saturated carbocycles. The molecule has 0 aliphatic rings.